The van der Waals surface area contributed by atoms with Gasteiger partial charge >= 0.3 is 0 Å². The highest BCUT2D eigenvalue weighted by atomic mass is 16.5. The Morgan fingerprint density at radius 1 is 1.04 bits per heavy atom. The first-order valence-electron chi connectivity index (χ1n) is 9.70. The Morgan fingerprint density at radius 3 is 2.19 bits per heavy atom. The molecular formula is C20H30N2O4. The fourth-order valence-corrected chi connectivity index (χ4v) is 4.17. The second-order valence-electron chi connectivity index (χ2n) is 6.98. The maximum Gasteiger partial charge on any atom is 0.254 e. The van der Waals surface area contributed by atoms with Crippen LogP contribution < -0.4 is 19.9 Å². The average molecular weight is 362 g/mol. The van der Waals surface area contributed by atoms with E-state index in [9.17, 15) is 4.79 Å². The van der Waals surface area contributed by atoms with Crippen molar-refractivity contribution in [2.75, 3.05) is 32.9 Å². The lowest BCUT2D eigenvalue weighted by Crippen LogP contribution is -2.33. The second kappa shape index (κ2) is 8.16. The molecule has 1 aromatic rings. The molecule has 0 aromatic heterocycles. The summed E-state index contributed by atoms with van der Waals surface area (Å²) in [4.78, 5) is 15.0. The van der Waals surface area contributed by atoms with E-state index in [4.69, 9.17) is 19.9 Å². The smallest absolute Gasteiger partial charge is 0.254 e. The first kappa shape index (κ1) is 18.8. The Morgan fingerprint density at radius 2 is 1.65 bits per heavy atom. The van der Waals surface area contributed by atoms with Crippen LogP contribution in [0.5, 0.6) is 17.2 Å². The fourth-order valence-electron chi connectivity index (χ4n) is 4.17. The van der Waals surface area contributed by atoms with E-state index in [1.54, 1.807) is 12.1 Å². The quantitative estimate of drug-likeness (QED) is 0.807. The minimum atomic E-state index is 0.0107. The van der Waals surface area contributed by atoms with Crippen LogP contribution in [0.3, 0.4) is 0 Å². The molecule has 1 aliphatic heterocycles. The standard InChI is InChI=1S/C20H30N2O4/c1-4-24-17-9-14(10-18(25-5-2)19(17)26-6-3)20(23)22-11-13-7-8-16(21)15(13)12-22/h9-10,13,15-16H,4-8,11-12,21H2,1-3H3. The van der Waals surface area contributed by atoms with Crippen LogP contribution in [0.4, 0.5) is 0 Å². The molecule has 3 rings (SSSR count). The van der Waals surface area contributed by atoms with Crippen LogP contribution in [-0.2, 0) is 0 Å². The topological polar surface area (TPSA) is 74.0 Å². The molecule has 0 spiro atoms. The van der Waals surface area contributed by atoms with Crippen molar-refractivity contribution in [3.05, 3.63) is 17.7 Å². The highest BCUT2D eigenvalue weighted by molar-refractivity contribution is 5.96. The van der Waals surface area contributed by atoms with Crippen molar-refractivity contribution in [1.82, 2.24) is 4.90 Å². The molecule has 26 heavy (non-hydrogen) atoms. The van der Waals surface area contributed by atoms with Crippen molar-refractivity contribution in [1.29, 1.82) is 0 Å². The van der Waals surface area contributed by atoms with Gasteiger partial charge in [-0.3, -0.25) is 4.79 Å². The van der Waals surface area contributed by atoms with Gasteiger partial charge in [-0.05, 0) is 57.6 Å². The van der Waals surface area contributed by atoms with Crippen LogP contribution in [0.1, 0.15) is 44.0 Å². The second-order valence-corrected chi connectivity index (χ2v) is 6.98. The number of nitrogens with zero attached hydrogens (tertiary/aromatic N) is 1. The van der Waals surface area contributed by atoms with E-state index in [2.05, 4.69) is 0 Å². The summed E-state index contributed by atoms with van der Waals surface area (Å²) < 4.78 is 17.2. The number of amides is 1. The Labute approximate surface area is 155 Å². The number of carbonyl (C=O) groups excluding carboxylic acids is 1. The number of ether oxygens (including phenoxy) is 3. The molecule has 3 atom stereocenters. The van der Waals surface area contributed by atoms with E-state index in [0.717, 1.165) is 25.9 Å². The van der Waals surface area contributed by atoms with Crippen molar-refractivity contribution in [3.8, 4) is 17.2 Å². The molecule has 3 unspecified atom stereocenters. The summed E-state index contributed by atoms with van der Waals surface area (Å²) in [6.45, 7) is 8.75. The third kappa shape index (κ3) is 3.61. The Kier molecular flexibility index (Phi) is 5.91. The zero-order valence-corrected chi connectivity index (χ0v) is 16.0. The molecular weight excluding hydrogens is 332 g/mol. The molecule has 1 aromatic carbocycles. The van der Waals surface area contributed by atoms with Gasteiger partial charge in [0.15, 0.2) is 11.5 Å². The molecule has 0 bridgehead atoms. The summed E-state index contributed by atoms with van der Waals surface area (Å²) in [7, 11) is 0. The maximum atomic E-state index is 13.1. The third-order valence-electron chi connectivity index (χ3n) is 5.36. The van der Waals surface area contributed by atoms with E-state index in [0.29, 0.717) is 54.5 Å². The summed E-state index contributed by atoms with van der Waals surface area (Å²) in [5.41, 5.74) is 6.78. The summed E-state index contributed by atoms with van der Waals surface area (Å²) in [6, 6.07) is 3.76. The van der Waals surface area contributed by atoms with Gasteiger partial charge in [0, 0.05) is 24.7 Å². The van der Waals surface area contributed by atoms with Crippen LogP contribution in [0.15, 0.2) is 12.1 Å². The van der Waals surface area contributed by atoms with Crippen molar-refractivity contribution < 1.29 is 19.0 Å². The number of nitrogens with two attached hydrogens (primary N) is 1. The number of rotatable bonds is 7. The Balaban J connectivity index is 1.87. The van der Waals surface area contributed by atoms with Crippen LogP contribution in [0.25, 0.3) is 0 Å². The van der Waals surface area contributed by atoms with Gasteiger partial charge in [-0.1, -0.05) is 0 Å². The lowest BCUT2D eigenvalue weighted by Gasteiger charge is -2.21. The zero-order valence-electron chi connectivity index (χ0n) is 16.0. The van der Waals surface area contributed by atoms with Crippen LogP contribution in [-0.4, -0.2) is 49.8 Å². The summed E-state index contributed by atoms with van der Waals surface area (Å²) in [5, 5.41) is 0. The lowest BCUT2D eigenvalue weighted by atomic mass is 9.98. The van der Waals surface area contributed by atoms with Crippen LogP contribution in [0, 0.1) is 11.8 Å². The zero-order chi connectivity index (χ0) is 18.7. The van der Waals surface area contributed by atoms with Gasteiger partial charge in [0.05, 0.1) is 19.8 Å². The van der Waals surface area contributed by atoms with Gasteiger partial charge in [0.25, 0.3) is 5.91 Å². The SMILES string of the molecule is CCOc1cc(C(=O)N2CC3CCC(N)C3C2)cc(OCC)c1OCC. The van der Waals surface area contributed by atoms with Crippen LogP contribution in [0.2, 0.25) is 0 Å². The Bertz CT molecular complexity index is 622. The first-order valence-corrected chi connectivity index (χ1v) is 9.70. The number of benzene rings is 1. The number of carbonyl (C=O) groups is 1. The summed E-state index contributed by atoms with van der Waals surface area (Å²) >= 11 is 0. The molecule has 6 nitrogen and oxygen atoms in total. The highest BCUT2D eigenvalue weighted by Crippen LogP contribution is 2.41. The number of fused-ring (bicyclic) bond motifs is 1. The van der Waals surface area contributed by atoms with Crippen LogP contribution >= 0.6 is 0 Å². The maximum absolute atomic E-state index is 13.1. The molecule has 1 saturated carbocycles. The summed E-state index contributed by atoms with van der Waals surface area (Å²) in [5.74, 6) is 2.65. The lowest BCUT2D eigenvalue weighted by molar-refractivity contribution is 0.0778. The van der Waals surface area contributed by atoms with Gasteiger partial charge in [0.2, 0.25) is 5.75 Å². The number of hydrogen-bond acceptors (Lipinski definition) is 5. The largest absolute Gasteiger partial charge is 0.490 e. The number of hydrogen-bond donors (Lipinski definition) is 1. The van der Waals surface area contributed by atoms with Gasteiger partial charge in [-0.25, -0.2) is 0 Å². The predicted molar refractivity (Wildman–Crippen MR) is 100 cm³/mol. The van der Waals surface area contributed by atoms with Gasteiger partial charge in [-0.2, -0.15) is 0 Å². The van der Waals surface area contributed by atoms with Crippen molar-refractivity contribution in [3.63, 3.8) is 0 Å². The molecule has 2 fully saturated rings. The van der Waals surface area contributed by atoms with Crippen molar-refractivity contribution in [2.24, 2.45) is 17.6 Å². The van der Waals surface area contributed by atoms with Crippen molar-refractivity contribution >= 4 is 5.91 Å². The van der Waals surface area contributed by atoms with E-state index in [-0.39, 0.29) is 11.9 Å². The van der Waals surface area contributed by atoms with E-state index in [1.165, 1.54) is 0 Å². The van der Waals surface area contributed by atoms with Gasteiger partial charge in [0.1, 0.15) is 0 Å². The minimum absolute atomic E-state index is 0.0107. The molecule has 6 heteroatoms. The van der Waals surface area contributed by atoms with Gasteiger partial charge < -0.3 is 24.8 Å². The van der Waals surface area contributed by atoms with E-state index in [1.807, 2.05) is 25.7 Å². The normalized spacial score (nSPS) is 24.5. The molecule has 2 N–H and O–H groups in total. The highest BCUT2D eigenvalue weighted by Gasteiger charge is 2.42. The van der Waals surface area contributed by atoms with Gasteiger partial charge in [-0.15, -0.1) is 0 Å². The molecule has 1 aliphatic carbocycles. The predicted octanol–water partition coefficient (Wildman–Crippen LogP) is 2.69. The summed E-state index contributed by atoms with van der Waals surface area (Å²) in [6.07, 6.45) is 2.19. The van der Waals surface area contributed by atoms with E-state index >= 15 is 0 Å². The average Bonchev–Trinajstić information content (AvgIpc) is 3.19. The third-order valence-corrected chi connectivity index (χ3v) is 5.36. The van der Waals surface area contributed by atoms with E-state index < -0.39 is 0 Å². The molecule has 1 heterocycles. The van der Waals surface area contributed by atoms with Crippen molar-refractivity contribution in [2.45, 2.75) is 39.7 Å². The molecule has 0 radical (unpaired) electrons. The fraction of sp³-hybridized carbons (Fsp3) is 0.650. The monoisotopic (exact) mass is 362 g/mol. The Hall–Kier alpha value is -1.95. The number of likely N-dealkylation sites (tertiary alicyclic amines) is 1. The molecule has 1 amide bonds. The molecule has 2 aliphatic rings. The molecule has 1 saturated heterocycles. The molecule has 144 valence electrons. The first-order chi connectivity index (χ1) is 12.6. The minimum Gasteiger partial charge on any atom is -0.490 e.